The van der Waals surface area contributed by atoms with Gasteiger partial charge in [-0.25, -0.2) is 9.98 Å². The number of rotatable bonds is 4. The standard InChI is InChI=1S/C22H18N2O4/c1-27-19-7-3-5-15(13-19)21(25)23-17-9-11-18(12-10-17)24-22(26)16-6-4-8-20(14-16)28-2/h3-14H,1-2H3. The molecule has 0 unspecified atom stereocenters. The summed E-state index contributed by atoms with van der Waals surface area (Å²) in [4.78, 5) is 32.7. The monoisotopic (exact) mass is 374 g/mol. The van der Waals surface area contributed by atoms with E-state index >= 15 is 0 Å². The normalized spacial score (nSPS) is 12.5. The molecule has 0 saturated carbocycles. The first-order chi connectivity index (χ1) is 13.6. The summed E-state index contributed by atoms with van der Waals surface area (Å²) < 4.78 is 10.2. The molecule has 0 saturated heterocycles. The first-order valence-electron chi connectivity index (χ1n) is 8.49. The zero-order valence-corrected chi connectivity index (χ0v) is 15.5. The summed E-state index contributed by atoms with van der Waals surface area (Å²) in [6.07, 6.45) is 6.54. The van der Waals surface area contributed by atoms with Gasteiger partial charge >= 0.3 is 0 Å². The largest absolute Gasteiger partial charge is 0.497 e. The van der Waals surface area contributed by atoms with Crippen LogP contribution in [0.1, 0.15) is 20.7 Å². The Kier molecular flexibility index (Phi) is 5.91. The molecule has 2 aromatic rings. The number of amides is 2. The number of hydrogen-bond acceptors (Lipinski definition) is 4. The molecule has 0 N–H and O–H groups in total. The molecule has 140 valence electrons. The molecule has 1 aliphatic rings. The SMILES string of the molecule is COc1cccc(C(=O)N=C2C=CC(=NC(=O)c3cccc(OC)c3)C=C2)c1. The molecule has 1 aliphatic carbocycles. The summed E-state index contributed by atoms with van der Waals surface area (Å²) in [7, 11) is 3.07. The lowest BCUT2D eigenvalue weighted by molar-refractivity contribution is 0.0994. The predicted octanol–water partition coefficient (Wildman–Crippen LogP) is 3.69. The van der Waals surface area contributed by atoms with E-state index in [2.05, 4.69) is 9.98 Å². The average molecular weight is 374 g/mol. The van der Waals surface area contributed by atoms with Crippen LogP contribution in [0.5, 0.6) is 11.5 Å². The minimum Gasteiger partial charge on any atom is -0.497 e. The van der Waals surface area contributed by atoms with Gasteiger partial charge in [0.25, 0.3) is 11.8 Å². The summed E-state index contributed by atoms with van der Waals surface area (Å²) in [6.45, 7) is 0. The van der Waals surface area contributed by atoms with Gasteiger partial charge in [-0.05, 0) is 60.7 Å². The van der Waals surface area contributed by atoms with E-state index in [1.807, 2.05) is 0 Å². The minimum atomic E-state index is -0.379. The second-order valence-electron chi connectivity index (χ2n) is 5.81. The molecule has 0 aliphatic heterocycles. The van der Waals surface area contributed by atoms with Crippen LogP contribution in [0.2, 0.25) is 0 Å². The number of allylic oxidation sites excluding steroid dienone is 4. The quantitative estimate of drug-likeness (QED) is 0.765. The third kappa shape index (κ3) is 4.67. The fourth-order valence-electron chi connectivity index (χ4n) is 2.48. The van der Waals surface area contributed by atoms with Crippen LogP contribution < -0.4 is 9.47 Å². The molecule has 0 spiro atoms. The summed E-state index contributed by atoms with van der Waals surface area (Å²) in [6, 6.07) is 13.6. The van der Waals surface area contributed by atoms with Gasteiger partial charge in [-0.1, -0.05) is 12.1 Å². The van der Waals surface area contributed by atoms with Crippen molar-refractivity contribution in [3.05, 3.63) is 84.0 Å². The van der Waals surface area contributed by atoms with Gasteiger partial charge in [0, 0.05) is 11.1 Å². The molecule has 2 amide bonds. The second-order valence-corrected chi connectivity index (χ2v) is 5.81. The number of aliphatic imine (C=N–C) groups is 2. The number of carbonyl (C=O) groups excluding carboxylic acids is 2. The van der Waals surface area contributed by atoms with Gasteiger partial charge in [0.2, 0.25) is 0 Å². The first-order valence-corrected chi connectivity index (χ1v) is 8.49. The number of nitrogens with zero attached hydrogens (tertiary/aromatic N) is 2. The van der Waals surface area contributed by atoms with Gasteiger partial charge in [0.05, 0.1) is 25.6 Å². The van der Waals surface area contributed by atoms with Crippen molar-refractivity contribution in [2.75, 3.05) is 14.2 Å². The number of benzene rings is 2. The van der Waals surface area contributed by atoms with Crippen molar-refractivity contribution >= 4 is 23.2 Å². The Bertz CT molecular complexity index is 933. The minimum absolute atomic E-state index is 0.379. The molecule has 2 aromatic carbocycles. The van der Waals surface area contributed by atoms with Crippen LogP contribution in [-0.2, 0) is 0 Å². The van der Waals surface area contributed by atoms with Gasteiger partial charge in [-0.15, -0.1) is 0 Å². The van der Waals surface area contributed by atoms with Crippen LogP contribution in [0.25, 0.3) is 0 Å². The lowest BCUT2D eigenvalue weighted by atomic mass is 10.1. The van der Waals surface area contributed by atoms with Gasteiger partial charge in [-0.2, -0.15) is 0 Å². The van der Waals surface area contributed by atoms with E-state index in [1.54, 1.807) is 72.8 Å². The van der Waals surface area contributed by atoms with Gasteiger partial charge in [-0.3, -0.25) is 9.59 Å². The van der Waals surface area contributed by atoms with Crippen LogP contribution in [-0.4, -0.2) is 37.5 Å². The molecular weight excluding hydrogens is 356 g/mol. The Hall–Kier alpha value is -3.80. The topological polar surface area (TPSA) is 77.3 Å². The average Bonchev–Trinajstić information content (AvgIpc) is 2.75. The van der Waals surface area contributed by atoms with Gasteiger partial charge < -0.3 is 9.47 Å². The smallest absolute Gasteiger partial charge is 0.277 e. The van der Waals surface area contributed by atoms with E-state index in [9.17, 15) is 9.59 Å². The van der Waals surface area contributed by atoms with E-state index in [0.717, 1.165) is 0 Å². The predicted molar refractivity (Wildman–Crippen MR) is 108 cm³/mol. The van der Waals surface area contributed by atoms with Crippen molar-refractivity contribution in [3.8, 4) is 11.5 Å². The maximum atomic E-state index is 12.3. The maximum absolute atomic E-state index is 12.3. The molecule has 0 aromatic heterocycles. The van der Waals surface area contributed by atoms with E-state index < -0.39 is 0 Å². The molecule has 6 nitrogen and oxygen atoms in total. The summed E-state index contributed by atoms with van der Waals surface area (Å²) in [5, 5.41) is 0. The van der Waals surface area contributed by atoms with E-state index in [1.165, 1.54) is 14.2 Å². The van der Waals surface area contributed by atoms with E-state index in [4.69, 9.17) is 9.47 Å². The number of ether oxygens (including phenoxy) is 2. The molecule has 0 fully saturated rings. The Labute approximate surface area is 162 Å². The van der Waals surface area contributed by atoms with Crippen molar-refractivity contribution in [3.63, 3.8) is 0 Å². The lowest BCUT2D eigenvalue weighted by Gasteiger charge is -2.04. The van der Waals surface area contributed by atoms with Crippen LogP contribution in [0.15, 0.2) is 82.8 Å². The van der Waals surface area contributed by atoms with Crippen LogP contribution in [0.4, 0.5) is 0 Å². The fraction of sp³-hybridized carbons (Fsp3) is 0.0909. The van der Waals surface area contributed by atoms with Crippen molar-refractivity contribution in [1.29, 1.82) is 0 Å². The lowest BCUT2D eigenvalue weighted by Crippen LogP contribution is -2.06. The number of hydrogen-bond donors (Lipinski definition) is 0. The number of carbonyl (C=O) groups is 2. The van der Waals surface area contributed by atoms with Crippen molar-refractivity contribution in [2.45, 2.75) is 0 Å². The molecule has 0 atom stereocenters. The van der Waals surface area contributed by atoms with Gasteiger partial charge in [0.1, 0.15) is 11.5 Å². The summed E-state index contributed by atoms with van der Waals surface area (Å²) in [5.74, 6) is 0.421. The fourth-order valence-corrected chi connectivity index (χ4v) is 2.48. The first kappa shape index (κ1) is 19.0. The Balaban J connectivity index is 1.72. The molecule has 3 rings (SSSR count). The van der Waals surface area contributed by atoms with Crippen LogP contribution in [0, 0.1) is 0 Å². The Morgan fingerprint density at radius 2 is 1.07 bits per heavy atom. The van der Waals surface area contributed by atoms with E-state index in [-0.39, 0.29) is 11.8 Å². The van der Waals surface area contributed by atoms with Crippen LogP contribution >= 0.6 is 0 Å². The van der Waals surface area contributed by atoms with E-state index in [0.29, 0.717) is 34.0 Å². The van der Waals surface area contributed by atoms with Crippen molar-refractivity contribution in [1.82, 2.24) is 0 Å². The summed E-state index contributed by atoms with van der Waals surface area (Å²) in [5.41, 5.74) is 1.81. The van der Waals surface area contributed by atoms with Gasteiger partial charge in [0.15, 0.2) is 0 Å². The molecule has 0 bridgehead atoms. The Morgan fingerprint density at radius 3 is 1.43 bits per heavy atom. The second kappa shape index (κ2) is 8.73. The molecule has 28 heavy (non-hydrogen) atoms. The molecule has 6 heteroatoms. The highest BCUT2D eigenvalue weighted by molar-refractivity contribution is 6.23. The van der Waals surface area contributed by atoms with Crippen LogP contribution in [0.3, 0.4) is 0 Å². The number of methoxy groups -OCH3 is 2. The molecule has 0 heterocycles. The highest BCUT2D eigenvalue weighted by Crippen LogP contribution is 2.15. The maximum Gasteiger partial charge on any atom is 0.277 e. The molecule has 0 radical (unpaired) electrons. The summed E-state index contributed by atoms with van der Waals surface area (Å²) >= 11 is 0. The third-order valence-corrected chi connectivity index (χ3v) is 3.94. The third-order valence-electron chi connectivity index (χ3n) is 3.94. The molecular formula is C22H18N2O4. The Morgan fingerprint density at radius 1 is 0.679 bits per heavy atom. The zero-order valence-electron chi connectivity index (χ0n) is 15.5. The highest BCUT2D eigenvalue weighted by Gasteiger charge is 2.09. The van der Waals surface area contributed by atoms with Crippen molar-refractivity contribution < 1.29 is 19.1 Å². The zero-order chi connectivity index (χ0) is 19.9. The highest BCUT2D eigenvalue weighted by atomic mass is 16.5. The van der Waals surface area contributed by atoms with Crippen molar-refractivity contribution in [2.24, 2.45) is 9.98 Å².